The van der Waals surface area contributed by atoms with Crippen LogP contribution in [0.25, 0.3) is 0 Å². The Bertz CT molecular complexity index is 743. The van der Waals surface area contributed by atoms with Crippen LogP contribution in [0.2, 0.25) is 0 Å². The van der Waals surface area contributed by atoms with Gasteiger partial charge in [0.05, 0.1) is 4.90 Å². The lowest BCUT2D eigenvalue weighted by atomic mass is 10.2. The molecule has 104 valence electrons. The number of sulfonamides is 1. The molecule has 0 atom stereocenters. The number of hydrogen-bond acceptors (Lipinski definition) is 3. The second kappa shape index (κ2) is 5.90. The molecule has 4 nitrogen and oxygen atoms in total. The van der Waals surface area contributed by atoms with Crippen molar-refractivity contribution in [1.82, 2.24) is 0 Å². The van der Waals surface area contributed by atoms with Crippen LogP contribution in [0.15, 0.2) is 57.9 Å². The van der Waals surface area contributed by atoms with Gasteiger partial charge in [-0.1, -0.05) is 46.3 Å². The van der Waals surface area contributed by atoms with Gasteiger partial charge in [-0.15, -0.1) is 0 Å². The van der Waals surface area contributed by atoms with Gasteiger partial charge in [0.15, 0.2) is 0 Å². The Labute approximate surface area is 131 Å². The van der Waals surface area contributed by atoms with Crippen LogP contribution in [0, 0.1) is 0 Å². The van der Waals surface area contributed by atoms with E-state index < -0.39 is 10.0 Å². The summed E-state index contributed by atoms with van der Waals surface area (Å²) in [5, 5.41) is 0. The van der Waals surface area contributed by atoms with Crippen molar-refractivity contribution in [2.45, 2.75) is 4.90 Å². The molecule has 3 N–H and O–H groups in total. The lowest BCUT2D eigenvalue weighted by Gasteiger charge is -2.09. The number of nitrogens with two attached hydrogens (primary N) is 1. The SMILES string of the molecule is NC(=S)c1ccc(S(=O)(=O)Nc2cccc(Br)c2)cc1. The third kappa shape index (κ3) is 3.56. The summed E-state index contributed by atoms with van der Waals surface area (Å²) in [5.74, 6) is 0. The molecule has 0 amide bonds. The van der Waals surface area contributed by atoms with Gasteiger partial charge in [-0.25, -0.2) is 8.42 Å². The van der Waals surface area contributed by atoms with E-state index in [0.717, 1.165) is 4.47 Å². The number of halogens is 1. The first-order valence-corrected chi connectivity index (χ1v) is 8.25. The smallest absolute Gasteiger partial charge is 0.261 e. The van der Waals surface area contributed by atoms with Crippen molar-refractivity contribution < 1.29 is 8.42 Å². The molecule has 2 aromatic carbocycles. The molecule has 0 bridgehead atoms. The third-order valence-electron chi connectivity index (χ3n) is 2.53. The summed E-state index contributed by atoms with van der Waals surface area (Å²) < 4.78 is 27.7. The van der Waals surface area contributed by atoms with E-state index in [0.29, 0.717) is 11.3 Å². The number of thiocarbonyl (C=S) groups is 1. The molecule has 0 saturated carbocycles. The first-order chi connectivity index (χ1) is 9.38. The van der Waals surface area contributed by atoms with Crippen LogP contribution in [-0.2, 0) is 10.0 Å². The summed E-state index contributed by atoms with van der Waals surface area (Å²) in [6, 6.07) is 13.0. The Balaban J connectivity index is 2.28. The van der Waals surface area contributed by atoms with Crippen LogP contribution in [0.3, 0.4) is 0 Å². The van der Waals surface area contributed by atoms with Gasteiger partial charge < -0.3 is 5.73 Å². The lowest BCUT2D eigenvalue weighted by Crippen LogP contribution is -2.14. The molecule has 20 heavy (non-hydrogen) atoms. The van der Waals surface area contributed by atoms with Crippen LogP contribution in [-0.4, -0.2) is 13.4 Å². The van der Waals surface area contributed by atoms with Crippen molar-refractivity contribution in [3.05, 3.63) is 58.6 Å². The highest BCUT2D eigenvalue weighted by Crippen LogP contribution is 2.20. The van der Waals surface area contributed by atoms with E-state index in [4.69, 9.17) is 18.0 Å². The zero-order chi connectivity index (χ0) is 14.8. The standard InChI is InChI=1S/C13H11BrN2O2S2/c14-10-2-1-3-11(8-10)16-20(17,18)12-6-4-9(5-7-12)13(15)19/h1-8,16H,(H2,15,19). The topological polar surface area (TPSA) is 72.2 Å². The Hall–Kier alpha value is -1.44. The monoisotopic (exact) mass is 370 g/mol. The molecule has 0 aliphatic heterocycles. The molecule has 0 saturated heterocycles. The summed E-state index contributed by atoms with van der Waals surface area (Å²) in [6.45, 7) is 0. The van der Waals surface area contributed by atoms with E-state index >= 15 is 0 Å². The first-order valence-electron chi connectivity index (χ1n) is 5.57. The largest absolute Gasteiger partial charge is 0.389 e. The van der Waals surface area contributed by atoms with Crippen molar-refractivity contribution in [2.24, 2.45) is 5.73 Å². The zero-order valence-corrected chi connectivity index (χ0v) is 13.4. The van der Waals surface area contributed by atoms with Gasteiger partial charge >= 0.3 is 0 Å². The van der Waals surface area contributed by atoms with E-state index in [2.05, 4.69) is 20.7 Å². The van der Waals surface area contributed by atoms with E-state index in [-0.39, 0.29) is 9.88 Å². The molecular formula is C13H11BrN2O2S2. The van der Waals surface area contributed by atoms with Gasteiger partial charge in [0.1, 0.15) is 4.99 Å². The fourth-order valence-electron chi connectivity index (χ4n) is 1.56. The molecular weight excluding hydrogens is 360 g/mol. The van der Waals surface area contributed by atoms with Gasteiger partial charge in [-0.05, 0) is 30.3 Å². The van der Waals surface area contributed by atoms with Crippen LogP contribution in [0.1, 0.15) is 5.56 Å². The highest BCUT2D eigenvalue weighted by atomic mass is 79.9. The normalized spacial score (nSPS) is 11.1. The first kappa shape index (κ1) is 15.0. The number of rotatable bonds is 4. The van der Waals surface area contributed by atoms with Crippen molar-refractivity contribution >= 4 is 48.8 Å². The average Bonchev–Trinajstić information content (AvgIpc) is 2.38. The molecule has 0 aromatic heterocycles. The molecule has 0 fully saturated rings. The van der Waals surface area contributed by atoms with E-state index in [1.807, 2.05) is 6.07 Å². The predicted molar refractivity (Wildman–Crippen MR) is 87.3 cm³/mol. The zero-order valence-electron chi connectivity index (χ0n) is 10.2. The summed E-state index contributed by atoms with van der Waals surface area (Å²) in [7, 11) is -3.63. The van der Waals surface area contributed by atoms with Crippen LogP contribution >= 0.6 is 28.1 Å². The Morgan fingerprint density at radius 1 is 1.15 bits per heavy atom. The number of nitrogens with one attached hydrogen (secondary N) is 1. The fraction of sp³-hybridized carbons (Fsp3) is 0. The molecule has 0 spiro atoms. The minimum Gasteiger partial charge on any atom is -0.389 e. The maximum absolute atomic E-state index is 12.2. The molecule has 7 heteroatoms. The van der Waals surface area contributed by atoms with Crippen molar-refractivity contribution in [3.63, 3.8) is 0 Å². The van der Waals surface area contributed by atoms with E-state index in [1.165, 1.54) is 12.1 Å². The molecule has 0 aliphatic carbocycles. The number of anilines is 1. The Morgan fingerprint density at radius 2 is 1.80 bits per heavy atom. The minimum absolute atomic E-state index is 0.150. The molecule has 0 radical (unpaired) electrons. The Morgan fingerprint density at radius 3 is 2.35 bits per heavy atom. The highest BCUT2D eigenvalue weighted by molar-refractivity contribution is 9.10. The van der Waals surface area contributed by atoms with Gasteiger partial charge in [-0.3, -0.25) is 4.72 Å². The lowest BCUT2D eigenvalue weighted by molar-refractivity contribution is 0.601. The van der Waals surface area contributed by atoms with Crippen LogP contribution < -0.4 is 10.5 Å². The van der Waals surface area contributed by atoms with Crippen molar-refractivity contribution in [2.75, 3.05) is 4.72 Å². The molecule has 2 rings (SSSR count). The maximum atomic E-state index is 12.2. The third-order valence-corrected chi connectivity index (χ3v) is 4.65. The van der Waals surface area contributed by atoms with Crippen LogP contribution in [0.5, 0.6) is 0 Å². The average molecular weight is 371 g/mol. The van der Waals surface area contributed by atoms with E-state index in [9.17, 15) is 8.42 Å². The fourth-order valence-corrected chi connectivity index (χ4v) is 3.15. The van der Waals surface area contributed by atoms with Gasteiger partial charge in [0, 0.05) is 15.7 Å². The minimum atomic E-state index is -3.63. The molecule has 0 unspecified atom stereocenters. The second-order valence-corrected chi connectivity index (χ2v) is 7.04. The van der Waals surface area contributed by atoms with Crippen LogP contribution in [0.4, 0.5) is 5.69 Å². The van der Waals surface area contributed by atoms with Gasteiger partial charge in [-0.2, -0.15) is 0 Å². The highest BCUT2D eigenvalue weighted by Gasteiger charge is 2.14. The maximum Gasteiger partial charge on any atom is 0.261 e. The molecule has 2 aromatic rings. The van der Waals surface area contributed by atoms with Crippen molar-refractivity contribution in [1.29, 1.82) is 0 Å². The molecule has 0 aliphatic rings. The van der Waals surface area contributed by atoms with Gasteiger partial charge in [0.25, 0.3) is 10.0 Å². The summed E-state index contributed by atoms with van der Waals surface area (Å²) in [5.41, 5.74) is 6.58. The van der Waals surface area contributed by atoms with E-state index in [1.54, 1.807) is 30.3 Å². The quantitative estimate of drug-likeness (QED) is 0.811. The summed E-state index contributed by atoms with van der Waals surface area (Å²) in [4.78, 5) is 0.381. The predicted octanol–water partition coefficient (Wildman–Crippen LogP) is 2.88. The number of hydrogen-bond donors (Lipinski definition) is 2. The summed E-state index contributed by atoms with van der Waals surface area (Å²) in [6.07, 6.45) is 0. The van der Waals surface area contributed by atoms with Crippen molar-refractivity contribution in [3.8, 4) is 0 Å². The summed E-state index contributed by atoms with van der Waals surface area (Å²) >= 11 is 8.11. The Kier molecular flexibility index (Phi) is 4.42. The van der Waals surface area contributed by atoms with Gasteiger partial charge in [0.2, 0.25) is 0 Å². The number of benzene rings is 2. The second-order valence-electron chi connectivity index (χ2n) is 4.00. The molecule has 0 heterocycles.